The highest BCUT2D eigenvalue weighted by Crippen LogP contribution is 2.87. The molecule has 4 saturated carbocycles. The normalized spacial score (nSPS) is 58.8. The van der Waals surface area contributed by atoms with Crippen molar-refractivity contribution in [3.8, 4) is 0 Å². The van der Waals surface area contributed by atoms with Crippen molar-refractivity contribution < 1.29 is 4.74 Å². The number of likely N-dealkylation sites (tertiary alicyclic amines) is 1. The Labute approximate surface area is 204 Å². The molecule has 2 spiro atoms. The Morgan fingerprint density at radius 1 is 1.06 bits per heavy atom. The number of ether oxygens (including phenoxy) is 1. The highest BCUT2D eigenvalue weighted by molar-refractivity contribution is 5.35. The van der Waals surface area contributed by atoms with Crippen LogP contribution in [0.1, 0.15) is 106 Å². The molecule has 33 heavy (non-hydrogen) atoms. The van der Waals surface area contributed by atoms with E-state index in [1.54, 1.807) is 0 Å². The van der Waals surface area contributed by atoms with Crippen LogP contribution in [0.15, 0.2) is 11.6 Å². The van der Waals surface area contributed by atoms with Crippen molar-refractivity contribution in [2.45, 2.75) is 123 Å². The van der Waals surface area contributed by atoms with E-state index < -0.39 is 0 Å². The summed E-state index contributed by atoms with van der Waals surface area (Å²) in [6.07, 6.45) is 17.3. The van der Waals surface area contributed by atoms with Crippen LogP contribution in [0.5, 0.6) is 0 Å². The SMILES string of the molecule is CC.CC1CC2OC3(CCC4C5CCC6=CCCCC6(C)C5CC45CC53C)[C@H](C)C2N(C)C1. The predicted molar refractivity (Wildman–Crippen MR) is 137 cm³/mol. The van der Waals surface area contributed by atoms with E-state index in [1.807, 2.05) is 19.4 Å². The van der Waals surface area contributed by atoms with Gasteiger partial charge in [0.25, 0.3) is 0 Å². The Morgan fingerprint density at radius 2 is 1.85 bits per heavy atom. The Bertz CT molecular complexity index is 835. The minimum atomic E-state index is 0.150. The summed E-state index contributed by atoms with van der Waals surface area (Å²) in [4.78, 5) is 2.68. The molecule has 0 bridgehead atoms. The first-order valence-corrected chi connectivity index (χ1v) is 14.8. The van der Waals surface area contributed by atoms with Gasteiger partial charge >= 0.3 is 0 Å². The Balaban J connectivity index is 0.00000101. The molecule has 5 aliphatic carbocycles. The van der Waals surface area contributed by atoms with Crippen molar-refractivity contribution in [1.82, 2.24) is 4.90 Å². The fourth-order valence-corrected chi connectivity index (χ4v) is 11.8. The van der Waals surface area contributed by atoms with Crippen LogP contribution in [-0.4, -0.2) is 36.2 Å². The van der Waals surface area contributed by atoms with E-state index in [9.17, 15) is 0 Å². The molecule has 6 fully saturated rings. The molecule has 2 saturated heterocycles. The van der Waals surface area contributed by atoms with Crippen molar-refractivity contribution in [1.29, 1.82) is 0 Å². The lowest BCUT2D eigenvalue weighted by Gasteiger charge is -2.50. The molecule has 0 aromatic heterocycles. The van der Waals surface area contributed by atoms with Gasteiger partial charge in [-0.05, 0) is 106 Å². The van der Waals surface area contributed by atoms with E-state index in [0.29, 0.717) is 34.3 Å². The highest BCUT2D eigenvalue weighted by atomic mass is 16.5. The van der Waals surface area contributed by atoms with Crippen LogP contribution in [0, 0.1) is 45.8 Å². The second-order valence-electron chi connectivity index (χ2n) is 14.0. The third-order valence-electron chi connectivity index (χ3n) is 13.1. The summed E-state index contributed by atoms with van der Waals surface area (Å²) < 4.78 is 7.34. The second kappa shape index (κ2) is 7.34. The molecule has 2 heterocycles. The molecule has 11 atom stereocenters. The average Bonchev–Trinajstić information content (AvgIpc) is 3.12. The molecule has 7 aliphatic rings. The van der Waals surface area contributed by atoms with E-state index in [2.05, 4.69) is 45.7 Å². The van der Waals surface area contributed by atoms with Crippen LogP contribution in [0.25, 0.3) is 0 Å². The predicted octanol–water partition coefficient (Wildman–Crippen LogP) is 7.48. The van der Waals surface area contributed by atoms with Crippen LogP contribution in [-0.2, 0) is 4.74 Å². The van der Waals surface area contributed by atoms with Gasteiger partial charge in [0.2, 0.25) is 0 Å². The van der Waals surface area contributed by atoms with E-state index in [1.165, 1.54) is 70.8 Å². The van der Waals surface area contributed by atoms with Crippen molar-refractivity contribution in [3.05, 3.63) is 11.6 Å². The zero-order valence-electron chi connectivity index (χ0n) is 22.8. The maximum Gasteiger partial charge on any atom is 0.0787 e. The number of likely N-dealkylation sites (N-methyl/N-ethyl adjacent to an activating group) is 1. The Morgan fingerprint density at radius 3 is 2.64 bits per heavy atom. The maximum atomic E-state index is 7.34. The zero-order valence-corrected chi connectivity index (χ0v) is 22.8. The van der Waals surface area contributed by atoms with Crippen LogP contribution in [0.3, 0.4) is 0 Å². The monoisotopic (exact) mass is 453 g/mol. The van der Waals surface area contributed by atoms with Crippen LogP contribution in [0.2, 0.25) is 0 Å². The standard InChI is InChI=1S/C29H45NO.C2H6/c1-18-14-24-25(30(5)16-18)19(2)29(31-24)13-11-22-21-10-9-20-8-6-7-12-26(20,3)23(21)15-28(22)17-27(28,29)4;1-2/h8,18-19,21-25H,6-7,9-17H2,1-5H3;1-2H3/t18?,19-,21?,22?,23?,24?,25?,26?,27?,28?,29?;/m1./s1. The molecule has 2 aliphatic heterocycles. The number of hydrogen-bond acceptors (Lipinski definition) is 2. The van der Waals surface area contributed by atoms with Crippen molar-refractivity contribution >= 4 is 0 Å². The summed E-state index contributed by atoms with van der Waals surface area (Å²) in [6, 6.07) is 0.649. The van der Waals surface area contributed by atoms with Gasteiger partial charge in [0.05, 0.1) is 11.7 Å². The number of fused-ring (bicyclic) bond motifs is 6. The average molecular weight is 454 g/mol. The van der Waals surface area contributed by atoms with Gasteiger partial charge in [-0.15, -0.1) is 0 Å². The van der Waals surface area contributed by atoms with E-state index in [0.717, 1.165) is 23.7 Å². The van der Waals surface area contributed by atoms with Crippen LogP contribution >= 0.6 is 0 Å². The maximum absolute atomic E-state index is 7.34. The molecule has 186 valence electrons. The van der Waals surface area contributed by atoms with Crippen LogP contribution < -0.4 is 0 Å². The molecule has 0 aromatic rings. The number of piperidine rings is 1. The largest absolute Gasteiger partial charge is 0.369 e. The number of nitrogens with zero attached hydrogens (tertiary/aromatic N) is 1. The third-order valence-corrected chi connectivity index (χ3v) is 13.1. The fourth-order valence-electron chi connectivity index (χ4n) is 11.8. The molecular formula is C31H51NO. The highest BCUT2D eigenvalue weighted by Gasteiger charge is 2.84. The van der Waals surface area contributed by atoms with Gasteiger partial charge < -0.3 is 9.64 Å². The topological polar surface area (TPSA) is 12.5 Å². The van der Waals surface area contributed by atoms with Crippen molar-refractivity contribution in [2.24, 2.45) is 45.8 Å². The quantitative estimate of drug-likeness (QED) is 0.352. The second-order valence-corrected chi connectivity index (χ2v) is 14.0. The number of rotatable bonds is 0. The first kappa shape index (κ1) is 23.1. The first-order chi connectivity index (χ1) is 15.8. The lowest BCUT2D eigenvalue weighted by Crippen LogP contribution is -2.53. The van der Waals surface area contributed by atoms with Crippen molar-refractivity contribution in [3.63, 3.8) is 0 Å². The fraction of sp³-hybridized carbons (Fsp3) is 0.935. The molecule has 0 radical (unpaired) electrons. The summed E-state index contributed by atoms with van der Waals surface area (Å²) >= 11 is 0. The summed E-state index contributed by atoms with van der Waals surface area (Å²) in [5.41, 5.74) is 3.56. The van der Waals surface area contributed by atoms with E-state index >= 15 is 0 Å². The van der Waals surface area contributed by atoms with E-state index in [4.69, 9.17) is 4.74 Å². The van der Waals surface area contributed by atoms with Crippen molar-refractivity contribution in [2.75, 3.05) is 13.6 Å². The van der Waals surface area contributed by atoms with Crippen LogP contribution in [0.4, 0.5) is 0 Å². The molecular weight excluding hydrogens is 402 g/mol. The number of allylic oxidation sites excluding steroid dienone is 2. The van der Waals surface area contributed by atoms with Gasteiger partial charge in [0, 0.05) is 23.9 Å². The molecule has 7 rings (SSSR count). The molecule has 2 nitrogen and oxygen atoms in total. The van der Waals surface area contributed by atoms with Gasteiger partial charge in [0.1, 0.15) is 0 Å². The lowest BCUT2D eigenvalue weighted by molar-refractivity contribution is -0.148. The minimum absolute atomic E-state index is 0.150. The Hall–Kier alpha value is -0.340. The van der Waals surface area contributed by atoms with Gasteiger partial charge in [-0.1, -0.05) is 53.2 Å². The smallest absolute Gasteiger partial charge is 0.0787 e. The third kappa shape index (κ3) is 2.64. The summed E-state index contributed by atoms with van der Waals surface area (Å²) in [5.74, 6) is 4.40. The molecule has 2 heteroatoms. The summed E-state index contributed by atoms with van der Waals surface area (Å²) in [5, 5.41) is 0. The molecule has 0 N–H and O–H groups in total. The zero-order chi connectivity index (χ0) is 23.4. The molecule has 0 amide bonds. The molecule has 10 unspecified atom stereocenters. The lowest BCUT2D eigenvalue weighted by atomic mass is 9.56. The first-order valence-electron chi connectivity index (χ1n) is 14.8. The van der Waals surface area contributed by atoms with Gasteiger partial charge in [0.15, 0.2) is 0 Å². The van der Waals surface area contributed by atoms with Gasteiger partial charge in [-0.3, -0.25) is 0 Å². The van der Waals surface area contributed by atoms with E-state index in [-0.39, 0.29) is 5.60 Å². The van der Waals surface area contributed by atoms with Gasteiger partial charge in [-0.25, -0.2) is 0 Å². The van der Waals surface area contributed by atoms with Gasteiger partial charge in [-0.2, -0.15) is 0 Å². The number of hydrogen-bond donors (Lipinski definition) is 0. The minimum Gasteiger partial charge on any atom is -0.369 e. The summed E-state index contributed by atoms with van der Waals surface area (Å²) in [6.45, 7) is 15.7. The summed E-state index contributed by atoms with van der Waals surface area (Å²) in [7, 11) is 2.38. The Kier molecular flexibility index (Phi) is 5.14. The molecule has 0 aromatic carbocycles.